The van der Waals surface area contributed by atoms with Gasteiger partial charge in [0.15, 0.2) is 6.10 Å². The molecule has 0 fully saturated rings. The second-order valence-electron chi connectivity index (χ2n) is 5.01. The number of rotatable bonds is 3. The highest BCUT2D eigenvalue weighted by Crippen LogP contribution is 2.29. The van der Waals surface area contributed by atoms with Crippen LogP contribution in [0.1, 0.15) is 12.6 Å². The summed E-state index contributed by atoms with van der Waals surface area (Å²) < 4.78 is 37.8. The van der Waals surface area contributed by atoms with Gasteiger partial charge in [-0.3, -0.25) is 0 Å². The Kier molecular flexibility index (Phi) is 4.24. The lowest BCUT2D eigenvalue weighted by Crippen LogP contribution is -2.47. The standard InChI is InChI=1S/C15H14F3N3O/c1-9(14(22)15(16,17)18)21(2)11-3-4-12-10(7-11)5-6-20-13(12)8-19/h3-7,9,14,22H,1-2H3/t9-,14?/m1/s1. The Hall–Kier alpha value is -2.33. The molecule has 1 aromatic heterocycles. The van der Waals surface area contributed by atoms with Crippen molar-refractivity contribution in [3.63, 3.8) is 0 Å². The molecular weight excluding hydrogens is 295 g/mol. The number of alkyl halides is 3. The van der Waals surface area contributed by atoms with Crippen molar-refractivity contribution in [2.75, 3.05) is 11.9 Å². The second-order valence-corrected chi connectivity index (χ2v) is 5.01. The molecule has 0 spiro atoms. The molecule has 22 heavy (non-hydrogen) atoms. The molecule has 1 unspecified atom stereocenters. The normalized spacial score (nSPS) is 14.4. The maximum Gasteiger partial charge on any atom is 0.416 e. The fourth-order valence-corrected chi connectivity index (χ4v) is 2.19. The summed E-state index contributed by atoms with van der Waals surface area (Å²) in [4.78, 5) is 5.28. The van der Waals surface area contributed by atoms with E-state index < -0.39 is 18.3 Å². The van der Waals surface area contributed by atoms with Gasteiger partial charge < -0.3 is 10.0 Å². The van der Waals surface area contributed by atoms with Crippen molar-refractivity contribution in [3.05, 3.63) is 36.2 Å². The van der Waals surface area contributed by atoms with Crippen LogP contribution in [0.4, 0.5) is 18.9 Å². The van der Waals surface area contributed by atoms with E-state index in [9.17, 15) is 18.3 Å². The van der Waals surface area contributed by atoms with Crippen LogP contribution in [0.25, 0.3) is 10.8 Å². The molecule has 0 aliphatic carbocycles. The average Bonchev–Trinajstić information content (AvgIpc) is 2.50. The number of nitrogens with zero attached hydrogens (tertiary/aromatic N) is 3. The molecular formula is C15H14F3N3O. The smallest absolute Gasteiger partial charge is 0.382 e. The number of nitriles is 1. The van der Waals surface area contributed by atoms with E-state index in [1.807, 2.05) is 6.07 Å². The number of hydrogen-bond acceptors (Lipinski definition) is 4. The number of aliphatic hydroxyl groups excluding tert-OH is 1. The van der Waals surface area contributed by atoms with Crippen LogP contribution in [0.3, 0.4) is 0 Å². The van der Waals surface area contributed by atoms with E-state index >= 15 is 0 Å². The van der Waals surface area contributed by atoms with Gasteiger partial charge in [-0.15, -0.1) is 0 Å². The van der Waals surface area contributed by atoms with Gasteiger partial charge in [0.2, 0.25) is 0 Å². The molecule has 1 aromatic carbocycles. The van der Waals surface area contributed by atoms with Crippen LogP contribution in [0, 0.1) is 11.3 Å². The average molecular weight is 309 g/mol. The highest BCUT2D eigenvalue weighted by atomic mass is 19.4. The van der Waals surface area contributed by atoms with Crippen LogP contribution in [0.5, 0.6) is 0 Å². The first-order valence-electron chi connectivity index (χ1n) is 6.52. The summed E-state index contributed by atoms with van der Waals surface area (Å²) in [5.74, 6) is 0. The summed E-state index contributed by atoms with van der Waals surface area (Å²) in [5.41, 5.74) is 0.772. The van der Waals surface area contributed by atoms with Gasteiger partial charge >= 0.3 is 6.18 Å². The van der Waals surface area contributed by atoms with Gasteiger partial charge in [0.1, 0.15) is 11.8 Å². The van der Waals surface area contributed by atoms with Crippen LogP contribution in [0.15, 0.2) is 30.5 Å². The number of aromatic nitrogens is 1. The predicted molar refractivity (Wildman–Crippen MR) is 76.4 cm³/mol. The van der Waals surface area contributed by atoms with Crippen LogP contribution < -0.4 is 4.90 Å². The summed E-state index contributed by atoms with van der Waals surface area (Å²) in [7, 11) is 1.48. The van der Waals surface area contributed by atoms with Crippen LogP contribution in [-0.2, 0) is 0 Å². The molecule has 0 saturated heterocycles. The van der Waals surface area contributed by atoms with E-state index in [4.69, 9.17) is 5.26 Å². The Bertz CT molecular complexity index is 724. The van der Waals surface area contributed by atoms with Crippen molar-refractivity contribution in [1.82, 2.24) is 4.98 Å². The molecule has 7 heteroatoms. The minimum atomic E-state index is -4.68. The van der Waals surface area contributed by atoms with E-state index in [0.29, 0.717) is 16.5 Å². The van der Waals surface area contributed by atoms with Gasteiger partial charge in [0.25, 0.3) is 0 Å². The third kappa shape index (κ3) is 2.97. The van der Waals surface area contributed by atoms with Crippen molar-refractivity contribution in [1.29, 1.82) is 5.26 Å². The van der Waals surface area contributed by atoms with Crippen LogP contribution >= 0.6 is 0 Å². The number of aliphatic hydroxyl groups is 1. The largest absolute Gasteiger partial charge is 0.416 e. The van der Waals surface area contributed by atoms with Crippen molar-refractivity contribution < 1.29 is 18.3 Å². The molecule has 0 saturated carbocycles. The topological polar surface area (TPSA) is 60.1 Å². The van der Waals surface area contributed by atoms with E-state index in [1.54, 1.807) is 24.3 Å². The maximum absolute atomic E-state index is 12.6. The molecule has 2 atom stereocenters. The molecule has 0 radical (unpaired) electrons. The number of benzene rings is 1. The quantitative estimate of drug-likeness (QED) is 0.947. The SMILES string of the molecule is C[C@H](C(O)C(F)(F)F)N(C)c1ccc2c(C#N)nccc2c1. The lowest BCUT2D eigenvalue weighted by molar-refractivity contribution is -0.208. The molecule has 0 aliphatic rings. The molecule has 0 bridgehead atoms. The number of fused-ring (bicyclic) bond motifs is 1. The zero-order valence-electron chi connectivity index (χ0n) is 12.0. The summed E-state index contributed by atoms with van der Waals surface area (Å²) in [5, 5.41) is 19.7. The Morgan fingerprint density at radius 1 is 1.32 bits per heavy atom. The maximum atomic E-state index is 12.6. The number of likely N-dealkylation sites (N-methyl/N-ethyl adjacent to an activating group) is 1. The molecule has 2 rings (SSSR count). The van der Waals surface area contributed by atoms with Crippen LogP contribution in [-0.4, -0.2) is 35.5 Å². The lowest BCUT2D eigenvalue weighted by atomic mass is 10.1. The molecule has 0 amide bonds. The third-order valence-electron chi connectivity index (χ3n) is 3.66. The minimum Gasteiger partial charge on any atom is -0.382 e. The molecule has 116 valence electrons. The number of halogens is 3. The summed E-state index contributed by atoms with van der Waals surface area (Å²) >= 11 is 0. The summed E-state index contributed by atoms with van der Waals surface area (Å²) in [6.45, 7) is 1.30. The lowest BCUT2D eigenvalue weighted by Gasteiger charge is -2.31. The van der Waals surface area contributed by atoms with Gasteiger partial charge in [0.05, 0.1) is 6.04 Å². The third-order valence-corrected chi connectivity index (χ3v) is 3.66. The number of hydrogen-bond donors (Lipinski definition) is 1. The zero-order valence-corrected chi connectivity index (χ0v) is 12.0. The predicted octanol–water partition coefficient (Wildman–Crippen LogP) is 2.85. The molecule has 1 heterocycles. The van der Waals surface area contributed by atoms with E-state index in [-0.39, 0.29) is 5.69 Å². The first-order valence-corrected chi connectivity index (χ1v) is 6.52. The monoisotopic (exact) mass is 309 g/mol. The Labute approximate surface area is 125 Å². The van der Waals surface area contributed by atoms with Crippen LogP contribution in [0.2, 0.25) is 0 Å². The van der Waals surface area contributed by atoms with Crippen molar-refractivity contribution >= 4 is 16.5 Å². The van der Waals surface area contributed by atoms with E-state index in [2.05, 4.69) is 4.98 Å². The highest BCUT2D eigenvalue weighted by molar-refractivity contribution is 5.89. The van der Waals surface area contributed by atoms with Gasteiger partial charge in [-0.25, -0.2) is 4.98 Å². The first kappa shape index (κ1) is 16.0. The van der Waals surface area contributed by atoms with Crippen molar-refractivity contribution in [2.24, 2.45) is 0 Å². The van der Waals surface area contributed by atoms with Gasteiger partial charge in [-0.1, -0.05) is 0 Å². The molecule has 1 N–H and O–H groups in total. The number of anilines is 1. The minimum absolute atomic E-state index is 0.259. The van der Waals surface area contributed by atoms with E-state index in [1.165, 1.54) is 25.1 Å². The zero-order chi connectivity index (χ0) is 16.5. The Morgan fingerprint density at radius 3 is 2.59 bits per heavy atom. The molecule has 2 aromatic rings. The molecule has 0 aliphatic heterocycles. The van der Waals surface area contributed by atoms with Crippen molar-refractivity contribution in [3.8, 4) is 6.07 Å². The fourth-order valence-electron chi connectivity index (χ4n) is 2.19. The van der Waals surface area contributed by atoms with E-state index in [0.717, 1.165) is 0 Å². The number of pyridine rings is 1. The van der Waals surface area contributed by atoms with Crippen molar-refractivity contribution in [2.45, 2.75) is 25.2 Å². The fraction of sp³-hybridized carbons (Fsp3) is 0.333. The first-order chi connectivity index (χ1) is 10.3. The molecule has 4 nitrogen and oxygen atoms in total. The second kappa shape index (κ2) is 5.81. The summed E-state index contributed by atoms with van der Waals surface area (Å²) in [6.07, 6.45) is -5.65. The van der Waals surface area contributed by atoms with Gasteiger partial charge in [0, 0.05) is 24.3 Å². The Balaban J connectivity index is 2.37. The van der Waals surface area contributed by atoms with Gasteiger partial charge in [-0.2, -0.15) is 18.4 Å². The Morgan fingerprint density at radius 2 is 2.00 bits per heavy atom. The van der Waals surface area contributed by atoms with Gasteiger partial charge in [-0.05, 0) is 36.6 Å². The highest BCUT2D eigenvalue weighted by Gasteiger charge is 2.43. The summed E-state index contributed by atoms with van der Waals surface area (Å²) in [6, 6.07) is 7.41.